The molecule has 186 valence electrons. The highest BCUT2D eigenvalue weighted by atomic mass is 19.4. The van der Waals surface area contributed by atoms with Gasteiger partial charge in [0, 0.05) is 18.2 Å². The molecule has 0 aliphatic carbocycles. The van der Waals surface area contributed by atoms with Crippen molar-refractivity contribution in [3.63, 3.8) is 0 Å². The van der Waals surface area contributed by atoms with Gasteiger partial charge in [-0.15, -0.1) is 0 Å². The van der Waals surface area contributed by atoms with Gasteiger partial charge in [0.1, 0.15) is 31.2 Å². The molecule has 4 rings (SSSR count). The SMILES string of the molecule is O=C(N[C@H]1COc2ccc(C(F)(F)F)cc2C1O)c1cc2n(n1)C[C@@H](CCCOCC(F)F)O2. The molecule has 34 heavy (non-hydrogen) atoms. The Kier molecular flexibility index (Phi) is 6.94. The van der Waals surface area contributed by atoms with E-state index in [0.29, 0.717) is 25.3 Å². The first kappa shape index (κ1) is 24.2. The van der Waals surface area contributed by atoms with Gasteiger partial charge in [0.2, 0.25) is 5.88 Å². The molecule has 8 nitrogen and oxygen atoms in total. The van der Waals surface area contributed by atoms with Crippen LogP contribution in [-0.4, -0.2) is 59.2 Å². The van der Waals surface area contributed by atoms with Gasteiger partial charge in [-0.25, -0.2) is 13.5 Å². The molecular weight excluding hydrogens is 469 g/mol. The molecule has 0 saturated heterocycles. The highest BCUT2D eigenvalue weighted by Gasteiger charge is 2.36. The predicted octanol–water partition coefficient (Wildman–Crippen LogP) is 2.95. The number of rotatable bonds is 8. The van der Waals surface area contributed by atoms with E-state index in [1.807, 2.05) is 0 Å². The number of alkyl halides is 5. The maximum absolute atomic E-state index is 13.0. The van der Waals surface area contributed by atoms with Crippen molar-refractivity contribution in [2.45, 2.75) is 50.2 Å². The summed E-state index contributed by atoms with van der Waals surface area (Å²) < 4.78 is 80.5. The van der Waals surface area contributed by atoms with Crippen LogP contribution in [0.3, 0.4) is 0 Å². The van der Waals surface area contributed by atoms with E-state index < -0.39 is 42.8 Å². The normalized spacial score (nSPS) is 21.6. The number of aliphatic hydroxyl groups is 1. The molecule has 1 unspecified atom stereocenters. The lowest BCUT2D eigenvalue weighted by molar-refractivity contribution is -0.137. The minimum absolute atomic E-state index is 0.00996. The minimum atomic E-state index is -4.58. The van der Waals surface area contributed by atoms with Crippen LogP contribution in [0.25, 0.3) is 0 Å². The number of carbonyl (C=O) groups excluding carboxylic acids is 1. The molecule has 1 aromatic heterocycles. The van der Waals surface area contributed by atoms with E-state index in [2.05, 4.69) is 10.4 Å². The Hall–Kier alpha value is -2.93. The Balaban J connectivity index is 1.31. The lowest BCUT2D eigenvalue weighted by atomic mass is 9.97. The van der Waals surface area contributed by atoms with Crippen LogP contribution in [0.15, 0.2) is 24.3 Å². The van der Waals surface area contributed by atoms with Crippen LogP contribution in [0.1, 0.15) is 40.6 Å². The number of nitrogens with zero attached hydrogens (tertiary/aromatic N) is 2. The minimum Gasteiger partial charge on any atom is -0.491 e. The number of amides is 1. The monoisotopic (exact) mass is 491 g/mol. The van der Waals surface area contributed by atoms with Crippen LogP contribution >= 0.6 is 0 Å². The van der Waals surface area contributed by atoms with E-state index in [4.69, 9.17) is 14.2 Å². The number of nitrogens with one attached hydrogen (secondary N) is 1. The molecular formula is C21H22F5N3O5. The van der Waals surface area contributed by atoms with Crippen molar-refractivity contribution in [2.24, 2.45) is 0 Å². The Morgan fingerprint density at radius 1 is 1.32 bits per heavy atom. The average Bonchev–Trinajstić information content (AvgIpc) is 3.33. The summed E-state index contributed by atoms with van der Waals surface area (Å²) in [6, 6.07) is 3.23. The molecule has 0 fully saturated rings. The topological polar surface area (TPSA) is 94.8 Å². The molecule has 2 aromatic rings. The van der Waals surface area contributed by atoms with Gasteiger partial charge in [0.15, 0.2) is 5.69 Å². The van der Waals surface area contributed by atoms with E-state index in [0.717, 1.165) is 18.2 Å². The van der Waals surface area contributed by atoms with Crippen molar-refractivity contribution >= 4 is 5.91 Å². The van der Waals surface area contributed by atoms with E-state index in [1.165, 1.54) is 10.7 Å². The summed E-state index contributed by atoms with van der Waals surface area (Å²) in [5, 5.41) is 17.3. The number of hydrogen-bond acceptors (Lipinski definition) is 6. The maximum atomic E-state index is 13.0. The summed E-state index contributed by atoms with van der Waals surface area (Å²) in [6.07, 6.45) is -7.66. The first-order valence-corrected chi connectivity index (χ1v) is 10.5. The van der Waals surface area contributed by atoms with Crippen LogP contribution in [0.2, 0.25) is 0 Å². The Morgan fingerprint density at radius 3 is 2.82 bits per heavy atom. The fourth-order valence-electron chi connectivity index (χ4n) is 3.81. The van der Waals surface area contributed by atoms with E-state index in [-0.39, 0.29) is 36.3 Å². The van der Waals surface area contributed by atoms with Gasteiger partial charge in [-0.2, -0.15) is 18.3 Å². The van der Waals surface area contributed by atoms with E-state index in [9.17, 15) is 31.9 Å². The number of ether oxygens (including phenoxy) is 3. The molecule has 1 amide bonds. The molecule has 2 N–H and O–H groups in total. The zero-order valence-corrected chi connectivity index (χ0v) is 17.7. The van der Waals surface area contributed by atoms with Crippen molar-refractivity contribution in [3.8, 4) is 11.6 Å². The Labute approximate surface area is 190 Å². The van der Waals surface area contributed by atoms with Crippen LogP contribution in [0.4, 0.5) is 22.0 Å². The third kappa shape index (κ3) is 5.41. The lowest BCUT2D eigenvalue weighted by Gasteiger charge is -2.31. The second-order valence-electron chi connectivity index (χ2n) is 7.98. The maximum Gasteiger partial charge on any atom is 0.416 e. The summed E-state index contributed by atoms with van der Waals surface area (Å²) in [5.41, 5.74) is -0.989. The van der Waals surface area contributed by atoms with Crippen LogP contribution in [0.5, 0.6) is 11.6 Å². The van der Waals surface area contributed by atoms with Gasteiger partial charge >= 0.3 is 6.18 Å². The lowest BCUT2D eigenvalue weighted by Crippen LogP contribution is -2.45. The zero-order valence-electron chi connectivity index (χ0n) is 17.7. The third-order valence-electron chi connectivity index (χ3n) is 5.47. The largest absolute Gasteiger partial charge is 0.491 e. The average molecular weight is 491 g/mol. The molecule has 2 aliphatic rings. The molecule has 3 heterocycles. The second kappa shape index (κ2) is 9.74. The van der Waals surface area contributed by atoms with Crippen molar-refractivity contribution in [1.82, 2.24) is 15.1 Å². The number of aromatic nitrogens is 2. The molecule has 0 spiro atoms. The van der Waals surface area contributed by atoms with Crippen molar-refractivity contribution in [3.05, 3.63) is 41.1 Å². The summed E-state index contributed by atoms with van der Waals surface area (Å²) in [5.74, 6) is -0.180. The fourth-order valence-corrected chi connectivity index (χ4v) is 3.81. The van der Waals surface area contributed by atoms with Crippen LogP contribution < -0.4 is 14.8 Å². The number of fused-ring (bicyclic) bond motifs is 2. The Morgan fingerprint density at radius 2 is 2.12 bits per heavy atom. The fraction of sp³-hybridized carbons (Fsp3) is 0.524. The summed E-state index contributed by atoms with van der Waals surface area (Å²) in [6.45, 7) is -0.202. The highest BCUT2D eigenvalue weighted by Crippen LogP contribution is 2.38. The van der Waals surface area contributed by atoms with E-state index >= 15 is 0 Å². The van der Waals surface area contributed by atoms with Gasteiger partial charge in [-0.1, -0.05) is 0 Å². The van der Waals surface area contributed by atoms with Crippen molar-refractivity contribution in [2.75, 3.05) is 19.8 Å². The molecule has 1 aromatic carbocycles. The first-order chi connectivity index (χ1) is 16.1. The number of aliphatic hydroxyl groups excluding tert-OH is 1. The van der Waals surface area contributed by atoms with Gasteiger partial charge in [-0.3, -0.25) is 4.79 Å². The van der Waals surface area contributed by atoms with Gasteiger partial charge in [-0.05, 0) is 31.0 Å². The van der Waals surface area contributed by atoms with Gasteiger partial charge in [0.25, 0.3) is 12.3 Å². The number of hydrogen-bond donors (Lipinski definition) is 2. The summed E-state index contributed by atoms with van der Waals surface area (Å²) in [7, 11) is 0. The van der Waals surface area contributed by atoms with Gasteiger partial charge < -0.3 is 24.6 Å². The zero-order chi connectivity index (χ0) is 24.5. The van der Waals surface area contributed by atoms with Crippen LogP contribution in [-0.2, 0) is 17.5 Å². The molecule has 13 heteroatoms. The molecule has 0 bridgehead atoms. The number of halogens is 5. The molecule has 2 aliphatic heterocycles. The molecule has 0 saturated carbocycles. The quantitative estimate of drug-likeness (QED) is 0.436. The molecule has 3 atom stereocenters. The number of carbonyl (C=O) groups is 1. The van der Waals surface area contributed by atoms with Crippen molar-refractivity contribution < 1.29 is 46.1 Å². The summed E-state index contributed by atoms with van der Waals surface area (Å²) in [4.78, 5) is 12.6. The number of benzene rings is 1. The van der Waals surface area contributed by atoms with E-state index in [1.54, 1.807) is 0 Å². The highest BCUT2D eigenvalue weighted by molar-refractivity contribution is 5.92. The van der Waals surface area contributed by atoms with Crippen LogP contribution in [0, 0.1) is 0 Å². The molecule has 0 radical (unpaired) electrons. The predicted molar refractivity (Wildman–Crippen MR) is 106 cm³/mol. The third-order valence-corrected chi connectivity index (χ3v) is 5.47. The Bertz CT molecular complexity index is 1010. The van der Waals surface area contributed by atoms with Crippen molar-refractivity contribution in [1.29, 1.82) is 0 Å². The van der Waals surface area contributed by atoms with Gasteiger partial charge in [0.05, 0.1) is 18.2 Å². The standard InChI is InChI=1S/C21H22F5N3O5/c22-17(23)10-32-5-1-2-12-8-29-18(34-12)7-14(28-29)20(31)27-15-9-33-16-4-3-11(21(24,25)26)6-13(16)19(15)30/h3-4,6-7,12,15,17,19,30H,1-2,5,8-10H2,(H,27,31)/t12-,15+,19?/m1/s1. The smallest absolute Gasteiger partial charge is 0.416 e. The second-order valence-corrected chi connectivity index (χ2v) is 7.98. The first-order valence-electron chi connectivity index (χ1n) is 10.5. The summed E-state index contributed by atoms with van der Waals surface area (Å²) >= 11 is 0.